The Morgan fingerprint density at radius 3 is 2.48 bits per heavy atom. The van der Waals surface area contributed by atoms with E-state index in [1.165, 1.54) is 6.07 Å². The summed E-state index contributed by atoms with van der Waals surface area (Å²) in [7, 11) is -1.57. The quantitative estimate of drug-likeness (QED) is 0.643. The second kappa shape index (κ2) is 8.27. The molecule has 2 aromatic heterocycles. The molecular weight excluding hydrogens is 430 g/mol. The molecule has 0 spiro atoms. The van der Waals surface area contributed by atoms with Gasteiger partial charge in [-0.3, -0.25) is 4.72 Å². The minimum Gasteiger partial charge on any atom is -0.353 e. The number of nitrogens with zero attached hydrogens (tertiary/aromatic N) is 4. The highest BCUT2D eigenvalue weighted by atomic mass is 35.5. The molecule has 1 aromatic carbocycles. The number of thiophene rings is 1. The highest BCUT2D eigenvalue weighted by Gasteiger charge is 2.18. The summed E-state index contributed by atoms with van der Waals surface area (Å²) < 4.78 is 28.2. The second-order valence-electron chi connectivity index (χ2n) is 6.81. The van der Waals surface area contributed by atoms with Gasteiger partial charge in [-0.15, -0.1) is 21.5 Å². The molecule has 152 valence electrons. The Bertz CT molecular complexity index is 1090. The van der Waals surface area contributed by atoms with Crippen LogP contribution in [0.3, 0.4) is 0 Å². The molecule has 7 nitrogen and oxygen atoms in total. The predicted octanol–water partition coefficient (Wildman–Crippen LogP) is 3.41. The lowest BCUT2D eigenvalue weighted by Gasteiger charge is -2.32. The van der Waals surface area contributed by atoms with Crippen molar-refractivity contribution in [2.45, 2.75) is 4.21 Å². The van der Waals surface area contributed by atoms with Crippen LogP contribution >= 0.6 is 22.9 Å². The fraction of sp³-hybridized carbons (Fsp3) is 0.263. The number of nitrogens with one attached hydrogen (secondary N) is 1. The van der Waals surface area contributed by atoms with E-state index in [0.717, 1.165) is 48.9 Å². The fourth-order valence-electron chi connectivity index (χ4n) is 3.07. The monoisotopic (exact) mass is 449 g/mol. The van der Waals surface area contributed by atoms with E-state index in [4.69, 9.17) is 11.6 Å². The van der Waals surface area contributed by atoms with Gasteiger partial charge in [0.25, 0.3) is 10.0 Å². The average Bonchev–Trinajstić information content (AvgIpc) is 3.16. The van der Waals surface area contributed by atoms with Crippen LogP contribution < -0.4 is 9.62 Å². The van der Waals surface area contributed by atoms with Crippen molar-refractivity contribution >= 4 is 44.5 Å². The minimum absolute atomic E-state index is 0.171. The lowest BCUT2D eigenvalue weighted by molar-refractivity contribution is 0.312. The first-order chi connectivity index (χ1) is 13.9. The highest BCUT2D eigenvalue weighted by Crippen LogP contribution is 2.28. The number of hydrogen-bond acceptors (Lipinski definition) is 7. The maximum Gasteiger partial charge on any atom is 0.271 e. The summed E-state index contributed by atoms with van der Waals surface area (Å²) in [6.45, 7) is 3.85. The fourth-order valence-corrected chi connectivity index (χ4v) is 5.61. The zero-order chi connectivity index (χ0) is 20.4. The molecule has 0 unspecified atom stereocenters. The first-order valence-electron chi connectivity index (χ1n) is 9.06. The third-order valence-electron chi connectivity index (χ3n) is 4.70. The molecule has 29 heavy (non-hydrogen) atoms. The van der Waals surface area contributed by atoms with Gasteiger partial charge in [-0.25, -0.2) is 8.42 Å². The van der Waals surface area contributed by atoms with E-state index in [-0.39, 0.29) is 4.21 Å². The molecule has 10 heteroatoms. The molecule has 0 bridgehead atoms. The van der Waals surface area contributed by atoms with Crippen LogP contribution in [-0.2, 0) is 10.0 Å². The number of sulfonamides is 1. The molecule has 4 rings (SSSR count). The van der Waals surface area contributed by atoms with Gasteiger partial charge in [0.2, 0.25) is 0 Å². The molecular formula is C19H20ClN5O2S2. The van der Waals surface area contributed by atoms with Gasteiger partial charge < -0.3 is 9.80 Å². The summed E-state index contributed by atoms with van der Waals surface area (Å²) in [5.74, 6) is 0.855. The predicted molar refractivity (Wildman–Crippen MR) is 117 cm³/mol. The Morgan fingerprint density at radius 2 is 1.83 bits per heavy atom. The summed E-state index contributed by atoms with van der Waals surface area (Å²) in [4.78, 5) is 4.50. The molecule has 0 amide bonds. The van der Waals surface area contributed by atoms with E-state index < -0.39 is 10.0 Å². The van der Waals surface area contributed by atoms with Crippen molar-refractivity contribution in [3.05, 3.63) is 52.9 Å². The maximum absolute atomic E-state index is 12.5. The van der Waals surface area contributed by atoms with Crippen LogP contribution in [0.15, 0.2) is 52.7 Å². The molecule has 1 saturated heterocycles. The average molecular weight is 450 g/mol. The van der Waals surface area contributed by atoms with E-state index in [2.05, 4.69) is 31.8 Å². The van der Waals surface area contributed by atoms with E-state index in [0.29, 0.717) is 15.7 Å². The molecule has 1 aliphatic heterocycles. The van der Waals surface area contributed by atoms with Crippen LogP contribution in [0.25, 0.3) is 11.3 Å². The van der Waals surface area contributed by atoms with Gasteiger partial charge >= 0.3 is 0 Å². The van der Waals surface area contributed by atoms with Crippen molar-refractivity contribution in [1.82, 2.24) is 15.1 Å². The zero-order valence-electron chi connectivity index (χ0n) is 15.7. The minimum atomic E-state index is -3.68. The molecule has 3 aromatic rings. The lowest BCUT2D eigenvalue weighted by atomic mass is 10.1. The first kappa shape index (κ1) is 20.1. The van der Waals surface area contributed by atoms with Crippen LogP contribution in [0, 0.1) is 0 Å². The smallest absolute Gasteiger partial charge is 0.271 e. The van der Waals surface area contributed by atoms with Crippen molar-refractivity contribution in [2.24, 2.45) is 0 Å². The number of likely N-dealkylation sites (N-methyl/N-ethyl adjacent to an activating group) is 1. The Hall–Kier alpha value is -2.20. The van der Waals surface area contributed by atoms with Gasteiger partial charge in [-0.2, -0.15) is 0 Å². The van der Waals surface area contributed by atoms with Gasteiger partial charge in [0, 0.05) is 37.4 Å². The van der Waals surface area contributed by atoms with Crippen LogP contribution in [-0.4, -0.2) is 56.7 Å². The summed E-state index contributed by atoms with van der Waals surface area (Å²) >= 11 is 6.87. The molecule has 3 heterocycles. The van der Waals surface area contributed by atoms with E-state index in [9.17, 15) is 8.42 Å². The van der Waals surface area contributed by atoms with E-state index in [1.54, 1.807) is 24.3 Å². The summed E-state index contributed by atoms with van der Waals surface area (Å²) in [5.41, 5.74) is 1.92. The Labute approximate surface area is 179 Å². The third-order valence-corrected chi connectivity index (χ3v) is 7.81. The number of anilines is 2. The lowest BCUT2D eigenvalue weighted by Crippen LogP contribution is -2.44. The van der Waals surface area contributed by atoms with Gasteiger partial charge in [0.1, 0.15) is 4.21 Å². The van der Waals surface area contributed by atoms with Gasteiger partial charge in [-0.05, 0) is 43.4 Å². The summed E-state index contributed by atoms with van der Waals surface area (Å²) in [6, 6.07) is 14.0. The molecule has 0 saturated carbocycles. The van der Waals surface area contributed by atoms with Crippen molar-refractivity contribution in [3.8, 4) is 11.3 Å². The van der Waals surface area contributed by atoms with Crippen LogP contribution in [0.5, 0.6) is 0 Å². The molecule has 0 atom stereocenters. The first-order valence-corrected chi connectivity index (χ1v) is 11.7. The molecule has 1 aliphatic rings. The molecule has 1 fully saturated rings. The van der Waals surface area contributed by atoms with Crippen LogP contribution in [0.2, 0.25) is 4.34 Å². The number of hydrogen-bond donors (Lipinski definition) is 1. The topological polar surface area (TPSA) is 78.4 Å². The van der Waals surface area contributed by atoms with E-state index >= 15 is 0 Å². The van der Waals surface area contributed by atoms with E-state index in [1.807, 2.05) is 18.2 Å². The number of rotatable bonds is 5. The number of benzene rings is 1. The SMILES string of the molecule is CN1CCN(c2ccc(-c3cccc(NS(=O)(=O)c4ccc(Cl)s4)c3)nn2)CC1. The second-order valence-corrected chi connectivity index (χ2v) is 10.4. The number of halogens is 1. The molecule has 0 radical (unpaired) electrons. The van der Waals surface area contributed by atoms with Crippen LogP contribution in [0.4, 0.5) is 11.5 Å². The number of aromatic nitrogens is 2. The number of piperazine rings is 1. The normalized spacial score (nSPS) is 15.4. The highest BCUT2D eigenvalue weighted by molar-refractivity contribution is 7.94. The Kier molecular flexibility index (Phi) is 5.73. The van der Waals surface area contributed by atoms with Gasteiger partial charge in [0.05, 0.1) is 10.0 Å². The third kappa shape index (κ3) is 4.69. The van der Waals surface area contributed by atoms with Gasteiger partial charge in [-0.1, -0.05) is 23.7 Å². The summed E-state index contributed by atoms with van der Waals surface area (Å²) in [6.07, 6.45) is 0. The Morgan fingerprint density at radius 1 is 1.03 bits per heavy atom. The summed E-state index contributed by atoms with van der Waals surface area (Å²) in [5, 5.41) is 8.71. The molecule has 1 N–H and O–H groups in total. The van der Waals surface area contributed by atoms with Crippen molar-refractivity contribution in [1.29, 1.82) is 0 Å². The largest absolute Gasteiger partial charge is 0.353 e. The van der Waals surface area contributed by atoms with Gasteiger partial charge in [0.15, 0.2) is 5.82 Å². The Balaban J connectivity index is 1.51. The van der Waals surface area contributed by atoms with Crippen molar-refractivity contribution < 1.29 is 8.42 Å². The van der Waals surface area contributed by atoms with Crippen molar-refractivity contribution in [3.63, 3.8) is 0 Å². The zero-order valence-corrected chi connectivity index (χ0v) is 18.1. The molecule has 0 aliphatic carbocycles. The van der Waals surface area contributed by atoms with Crippen LogP contribution in [0.1, 0.15) is 0 Å². The van der Waals surface area contributed by atoms with Crippen molar-refractivity contribution in [2.75, 3.05) is 42.8 Å². The maximum atomic E-state index is 12.5. The standard InChI is InChI=1S/C19H20ClN5O2S2/c1-24-9-11-25(12-10-24)18-7-5-16(21-22-18)14-3-2-4-15(13-14)23-29(26,27)19-8-6-17(20)28-19/h2-8,13,23H,9-12H2,1H3.